The Labute approximate surface area is 159 Å². The first-order valence-corrected chi connectivity index (χ1v) is 8.75. The molecule has 0 aliphatic carbocycles. The zero-order chi connectivity index (χ0) is 18.9. The molecule has 0 bridgehead atoms. The molecule has 0 radical (unpaired) electrons. The van der Waals surface area contributed by atoms with Crippen molar-refractivity contribution in [2.75, 3.05) is 17.3 Å². The van der Waals surface area contributed by atoms with E-state index >= 15 is 0 Å². The summed E-state index contributed by atoms with van der Waals surface area (Å²) in [6.07, 6.45) is 1.66. The molecule has 0 saturated carbocycles. The highest BCUT2D eigenvalue weighted by Gasteiger charge is 2.04. The second-order valence-electron chi connectivity index (χ2n) is 6.03. The lowest BCUT2D eigenvalue weighted by molar-refractivity contribution is 0.494. The number of rotatable bonds is 10. The molecule has 0 unspecified atom stereocenters. The van der Waals surface area contributed by atoms with Crippen LogP contribution in [0.25, 0.3) is 5.70 Å². The van der Waals surface area contributed by atoms with Crippen LogP contribution in [0.5, 0.6) is 0 Å². The quantitative estimate of drug-likeness (QED) is 0.399. The average molecular weight is 360 g/mol. The third-order valence-corrected chi connectivity index (χ3v) is 3.95. The first kappa shape index (κ1) is 18.4. The van der Waals surface area contributed by atoms with E-state index in [1.807, 2.05) is 66.7 Å². The summed E-state index contributed by atoms with van der Waals surface area (Å²) in [5.74, 6) is 0.873. The molecule has 5 nitrogen and oxygen atoms in total. The van der Waals surface area contributed by atoms with E-state index < -0.39 is 0 Å². The SMILES string of the molecule is C=C(CNNc1ccccc1NC(=C)c1ccccc1)NCc1ccco1. The number of benzene rings is 2. The van der Waals surface area contributed by atoms with E-state index in [0.29, 0.717) is 13.1 Å². The van der Waals surface area contributed by atoms with Crippen molar-refractivity contribution in [2.24, 2.45) is 0 Å². The molecule has 0 fully saturated rings. The van der Waals surface area contributed by atoms with Gasteiger partial charge in [0.2, 0.25) is 0 Å². The van der Waals surface area contributed by atoms with Gasteiger partial charge in [-0.25, -0.2) is 5.43 Å². The maximum absolute atomic E-state index is 5.29. The Morgan fingerprint density at radius 2 is 1.59 bits per heavy atom. The first-order valence-electron chi connectivity index (χ1n) is 8.75. The van der Waals surface area contributed by atoms with Gasteiger partial charge in [0.25, 0.3) is 0 Å². The predicted octanol–water partition coefficient (Wildman–Crippen LogP) is 4.58. The van der Waals surface area contributed by atoms with Gasteiger partial charge in [0, 0.05) is 11.4 Å². The lowest BCUT2D eigenvalue weighted by atomic mass is 10.1. The maximum Gasteiger partial charge on any atom is 0.122 e. The summed E-state index contributed by atoms with van der Waals surface area (Å²) < 4.78 is 5.29. The first-order chi connectivity index (χ1) is 13.2. The Morgan fingerprint density at radius 1 is 0.852 bits per heavy atom. The van der Waals surface area contributed by atoms with Crippen LogP contribution >= 0.6 is 0 Å². The Balaban J connectivity index is 1.50. The summed E-state index contributed by atoms with van der Waals surface area (Å²) in [6, 6.07) is 21.8. The van der Waals surface area contributed by atoms with Crippen molar-refractivity contribution in [1.29, 1.82) is 0 Å². The van der Waals surface area contributed by atoms with Crippen LogP contribution in [0.15, 0.2) is 96.3 Å². The summed E-state index contributed by atoms with van der Waals surface area (Å²) in [5.41, 5.74) is 11.0. The Morgan fingerprint density at radius 3 is 2.33 bits per heavy atom. The van der Waals surface area contributed by atoms with Crippen molar-refractivity contribution >= 4 is 17.1 Å². The number of anilines is 2. The fraction of sp³-hybridized carbons (Fsp3) is 0.0909. The van der Waals surface area contributed by atoms with Crippen molar-refractivity contribution in [3.05, 3.63) is 103 Å². The summed E-state index contributed by atoms with van der Waals surface area (Å²) in [5, 5.41) is 6.58. The smallest absolute Gasteiger partial charge is 0.122 e. The largest absolute Gasteiger partial charge is 0.467 e. The minimum atomic E-state index is 0.564. The van der Waals surface area contributed by atoms with Gasteiger partial charge in [-0.05, 0) is 29.8 Å². The van der Waals surface area contributed by atoms with Crippen LogP contribution in [0.3, 0.4) is 0 Å². The van der Waals surface area contributed by atoms with E-state index in [9.17, 15) is 0 Å². The molecule has 4 N–H and O–H groups in total. The maximum atomic E-state index is 5.29. The van der Waals surface area contributed by atoms with Crippen LogP contribution in [-0.2, 0) is 6.54 Å². The van der Waals surface area contributed by atoms with Crippen LogP contribution in [-0.4, -0.2) is 6.54 Å². The molecule has 27 heavy (non-hydrogen) atoms. The molecular formula is C22H24N4O. The molecule has 0 atom stereocenters. The lowest BCUT2D eigenvalue weighted by Crippen LogP contribution is -2.29. The van der Waals surface area contributed by atoms with Crippen LogP contribution in [0.2, 0.25) is 0 Å². The highest BCUT2D eigenvalue weighted by molar-refractivity contribution is 5.81. The summed E-state index contributed by atoms with van der Waals surface area (Å²) in [7, 11) is 0. The molecular weight excluding hydrogens is 336 g/mol. The van der Waals surface area contributed by atoms with Crippen molar-refractivity contribution in [3.63, 3.8) is 0 Å². The van der Waals surface area contributed by atoms with Crippen molar-refractivity contribution < 1.29 is 4.42 Å². The number of hydrogen-bond acceptors (Lipinski definition) is 5. The fourth-order valence-electron chi connectivity index (χ4n) is 2.51. The molecule has 0 saturated heterocycles. The lowest BCUT2D eigenvalue weighted by Gasteiger charge is -2.17. The molecule has 1 aromatic heterocycles. The van der Waals surface area contributed by atoms with E-state index in [1.54, 1.807) is 6.26 Å². The molecule has 2 aromatic carbocycles. The van der Waals surface area contributed by atoms with E-state index in [0.717, 1.165) is 34.1 Å². The molecule has 0 aliphatic rings. The Kier molecular flexibility index (Phi) is 6.33. The van der Waals surface area contributed by atoms with Crippen LogP contribution in [0.1, 0.15) is 11.3 Å². The third-order valence-electron chi connectivity index (χ3n) is 3.95. The molecule has 0 amide bonds. The monoisotopic (exact) mass is 360 g/mol. The molecule has 5 heteroatoms. The molecule has 3 aromatic rings. The van der Waals surface area contributed by atoms with E-state index in [-0.39, 0.29) is 0 Å². The molecule has 0 spiro atoms. The fourth-order valence-corrected chi connectivity index (χ4v) is 2.51. The van der Waals surface area contributed by atoms with E-state index in [4.69, 9.17) is 4.42 Å². The number of para-hydroxylation sites is 2. The van der Waals surface area contributed by atoms with Crippen LogP contribution in [0, 0.1) is 0 Å². The standard InChI is InChI=1S/C22H24N4O/c1-17(23-16-20-11-8-14-27-20)15-24-26-22-13-7-6-12-21(22)25-18(2)19-9-4-3-5-10-19/h3-14,23-26H,1-2,15-16H2. The predicted molar refractivity (Wildman–Crippen MR) is 112 cm³/mol. The van der Waals surface area contributed by atoms with Crippen molar-refractivity contribution in [2.45, 2.75) is 6.54 Å². The van der Waals surface area contributed by atoms with E-state index in [2.05, 4.69) is 34.6 Å². The van der Waals surface area contributed by atoms with Gasteiger partial charge in [-0.1, -0.05) is 55.6 Å². The van der Waals surface area contributed by atoms with Crippen LogP contribution in [0.4, 0.5) is 11.4 Å². The van der Waals surface area contributed by atoms with Gasteiger partial charge >= 0.3 is 0 Å². The van der Waals surface area contributed by atoms with Gasteiger partial charge < -0.3 is 20.5 Å². The molecule has 0 aliphatic heterocycles. The van der Waals surface area contributed by atoms with Gasteiger partial charge in [0.05, 0.1) is 30.7 Å². The topological polar surface area (TPSA) is 61.3 Å². The highest BCUT2D eigenvalue weighted by Crippen LogP contribution is 2.24. The minimum absolute atomic E-state index is 0.564. The third kappa shape index (κ3) is 5.52. The second-order valence-corrected chi connectivity index (χ2v) is 6.03. The molecule has 1 heterocycles. The summed E-state index contributed by atoms with van der Waals surface area (Å²) >= 11 is 0. The highest BCUT2D eigenvalue weighted by atomic mass is 16.3. The van der Waals surface area contributed by atoms with Crippen molar-refractivity contribution in [1.82, 2.24) is 10.7 Å². The second kappa shape index (κ2) is 9.31. The van der Waals surface area contributed by atoms with E-state index in [1.165, 1.54) is 0 Å². The number of nitrogens with one attached hydrogen (secondary N) is 4. The minimum Gasteiger partial charge on any atom is -0.467 e. The van der Waals surface area contributed by atoms with Crippen molar-refractivity contribution in [3.8, 4) is 0 Å². The number of hydrazine groups is 1. The zero-order valence-electron chi connectivity index (χ0n) is 15.2. The summed E-state index contributed by atoms with van der Waals surface area (Å²) in [4.78, 5) is 0. The van der Waals surface area contributed by atoms with Gasteiger partial charge in [0.1, 0.15) is 5.76 Å². The van der Waals surface area contributed by atoms with Gasteiger partial charge in [-0.15, -0.1) is 0 Å². The van der Waals surface area contributed by atoms with Gasteiger partial charge in [0.15, 0.2) is 0 Å². The molecule has 3 rings (SSSR count). The van der Waals surface area contributed by atoms with Gasteiger partial charge in [-0.3, -0.25) is 0 Å². The normalized spacial score (nSPS) is 10.2. The van der Waals surface area contributed by atoms with Gasteiger partial charge in [-0.2, -0.15) is 0 Å². The Bertz CT molecular complexity index is 872. The van der Waals surface area contributed by atoms with Crippen LogP contribution < -0.4 is 21.5 Å². The summed E-state index contributed by atoms with van der Waals surface area (Å²) in [6.45, 7) is 9.31. The number of hydrogen-bond donors (Lipinski definition) is 4. The average Bonchev–Trinajstić information content (AvgIpc) is 3.22. The number of furan rings is 1. The molecule has 138 valence electrons. The zero-order valence-corrected chi connectivity index (χ0v) is 15.2. The Hall–Kier alpha value is -3.44.